The van der Waals surface area contributed by atoms with E-state index in [1.807, 2.05) is 6.33 Å². The average molecular weight is 220 g/mol. The van der Waals surface area contributed by atoms with E-state index in [9.17, 15) is 0 Å². The minimum Gasteiger partial charge on any atom is -0.334 e. The molecule has 0 bridgehead atoms. The van der Waals surface area contributed by atoms with Gasteiger partial charge in [-0.3, -0.25) is 4.90 Å². The Morgan fingerprint density at radius 1 is 1.31 bits per heavy atom. The van der Waals surface area contributed by atoms with Gasteiger partial charge in [-0.15, -0.1) is 0 Å². The fraction of sp³-hybridized carbons (Fsp3) is 0.750. The molecule has 1 saturated heterocycles. The Balaban J connectivity index is 1.78. The van der Waals surface area contributed by atoms with Crippen molar-refractivity contribution in [3.05, 3.63) is 17.7 Å². The van der Waals surface area contributed by atoms with Crippen LogP contribution in [0.1, 0.15) is 30.7 Å². The summed E-state index contributed by atoms with van der Waals surface area (Å²) in [7, 11) is 0. The SMILES string of the molecule is NCc1ncn2c1CC(N1CCCC1)CC2. The summed E-state index contributed by atoms with van der Waals surface area (Å²) in [5, 5.41) is 0. The maximum Gasteiger partial charge on any atom is 0.0952 e. The van der Waals surface area contributed by atoms with E-state index < -0.39 is 0 Å². The third-order valence-electron chi connectivity index (χ3n) is 4.02. The minimum absolute atomic E-state index is 0.578. The summed E-state index contributed by atoms with van der Waals surface area (Å²) in [6.45, 7) is 4.27. The van der Waals surface area contributed by atoms with Crippen molar-refractivity contribution in [2.75, 3.05) is 13.1 Å². The molecular formula is C12H20N4. The summed E-state index contributed by atoms with van der Waals surface area (Å²) < 4.78 is 2.29. The molecule has 0 aromatic carbocycles. The van der Waals surface area contributed by atoms with Gasteiger partial charge in [-0.1, -0.05) is 0 Å². The van der Waals surface area contributed by atoms with Crippen LogP contribution < -0.4 is 5.73 Å². The van der Waals surface area contributed by atoms with Gasteiger partial charge in [0.25, 0.3) is 0 Å². The molecule has 0 amide bonds. The molecule has 4 heteroatoms. The molecule has 2 aliphatic heterocycles. The number of fused-ring (bicyclic) bond motifs is 1. The fourth-order valence-corrected chi connectivity index (χ4v) is 3.08. The molecule has 2 aliphatic rings. The Labute approximate surface area is 96.4 Å². The Morgan fingerprint density at radius 2 is 2.12 bits per heavy atom. The van der Waals surface area contributed by atoms with Gasteiger partial charge in [-0.25, -0.2) is 4.98 Å². The van der Waals surface area contributed by atoms with Crippen molar-refractivity contribution >= 4 is 0 Å². The number of nitrogens with two attached hydrogens (primary N) is 1. The van der Waals surface area contributed by atoms with Gasteiger partial charge in [0.2, 0.25) is 0 Å². The number of rotatable bonds is 2. The largest absolute Gasteiger partial charge is 0.334 e. The predicted octanol–water partition coefficient (Wildman–Crippen LogP) is 0.752. The standard InChI is InChI=1S/C12H20N4/c13-8-11-12-7-10(15-4-1-2-5-15)3-6-16(12)9-14-11/h9-10H,1-8,13H2. The van der Waals surface area contributed by atoms with Crippen LogP contribution >= 0.6 is 0 Å². The molecule has 4 nitrogen and oxygen atoms in total. The Morgan fingerprint density at radius 3 is 2.88 bits per heavy atom. The Kier molecular flexibility index (Phi) is 2.69. The molecule has 3 heterocycles. The molecule has 3 rings (SSSR count). The van der Waals surface area contributed by atoms with Crippen LogP contribution in [0.25, 0.3) is 0 Å². The molecule has 0 spiro atoms. The highest BCUT2D eigenvalue weighted by Gasteiger charge is 2.27. The van der Waals surface area contributed by atoms with Crippen LogP contribution in [-0.2, 0) is 19.5 Å². The maximum atomic E-state index is 5.73. The van der Waals surface area contributed by atoms with E-state index in [1.54, 1.807) is 0 Å². The quantitative estimate of drug-likeness (QED) is 0.800. The van der Waals surface area contributed by atoms with Gasteiger partial charge in [0.1, 0.15) is 0 Å². The number of nitrogens with zero attached hydrogens (tertiary/aromatic N) is 3. The molecule has 16 heavy (non-hydrogen) atoms. The normalized spacial score (nSPS) is 25.9. The summed E-state index contributed by atoms with van der Waals surface area (Å²) in [4.78, 5) is 7.05. The van der Waals surface area contributed by atoms with E-state index in [1.165, 1.54) is 38.0 Å². The van der Waals surface area contributed by atoms with Crippen molar-refractivity contribution in [2.24, 2.45) is 5.73 Å². The zero-order valence-electron chi connectivity index (χ0n) is 9.73. The van der Waals surface area contributed by atoms with Gasteiger partial charge >= 0.3 is 0 Å². The molecule has 1 unspecified atom stereocenters. The van der Waals surface area contributed by atoms with Gasteiger partial charge in [-0.05, 0) is 32.4 Å². The number of aromatic nitrogens is 2. The third-order valence-corrected chi connectivity index (χ3v) is 4.02. The van der Waals surface area contributed by atoms with Crippen LogP contribution in [0.5, 0.6) is 0 Å². The first-order chi connectivity index (χ1) is 7.88. The van der Waals surface area contributed by atoms with E-state index in [4.69, 9.17) is 5.73 Å². The molecule has 1 aromatic heterocycles. The molecule has 1 atom stereocenters. The minimum atomic E-state index is 0.578. The lowest BCUT2D eigenvalue weighted by Gasteiger charge is -2.32. The van der Waals surface area contributed by atoms with E-state index in [-0.39, 0.29) is 0 Å². The van der Waals surface area contributed by atoms with Crippen LogP contribution in [0, 0.1) is 0 Å². The van der Waals surface area contributed by atoms with Crippen LogP contribution in [0.2, 0.25) is 0 Å². The topological polar surface area (TPSA) is 47.1 Å². The monoisotopic (exact) mass is 220 g/mol. The maximum absolute atomic E-state index is 5.73. The van der Waals surface area contributed by atoms with Crippen molar-refractivity contribution in [2.45, 2.75) is 44.8 Å². The highest BCUT2D eigenvalue weighted by molar-refractivity contribution is 5.16. The number of hydrogen-bond acceptors (Lipinski definition) is 3. The fourth-order valence-electron chi connectivity index (χ4n) is 3.08. The van der Waals surface area contributed by atoms with Crippen molar-refractivity contribution < 1.29 is 0 Å². The molecule has 88 valence electrons. The predicted molar refractivity (Wildman–Crippen MR) is 63.0 cm³/mol. The highest BCUT2D eigenvalue weighted by atomic mass is 15.2. The van der Waals surface area contributed by atoms with Crippen molar-refractivity contribution in [3.63, 3.8) is 0 Å². The van der Waals surface area contributed by atoms with Gasteiger partial charge in [0, 0.05) is 31.2 Å². The molecular weight excluding hydrogens is 200 g/mol. The third kappa shape index (κ3) is 1.66. The van der Waals surface area contributed by atoms with E-state index in [2.05, 4.69) is 14.5 Å². The van der Waals surface area contributed by atoms with Crippen LogP contribution in [0.15, 0.2) is 6.33 Å². The molecule has 0 saturated carbocycles. The number of likely N-dealkylation sites (tertiary alicyclic amines) is 1. The van der Waals surface area contributed by atoms with Gasteiger partial charge < -0.3 is 10.3 Å². The zero-order valence-corrected chi connectivity index (χ0v) is 9.73. The van der Waals surface area contributed by atoms with E-state index in [0.717, 1.165) is 24.7 Å². The second-order valence-electron chi connectivity index (χ2n) is 4.93. The first-order valence-electron chi connectivity index (χ1n) is 6.35. The smallest absolute Gasteiger partial charge is 0.0952 e. The Hall–Kier alpha value is -0.870. The summed E-state index contributed by atoms with van der Waals surface area (Å²) in [5.41, 5.74) is 8.21. The average Bonchev–Trinajstić information content (AvgIpc) is 2.97. The molecule has 2 N–H and O–H groups in total. The molecule has 0 aliphatic carbocycles. The van der Waals surface area contributed by atoms with Crippen molar-refractivity contribution in [3.8, 4) is 0 Å². The number of imidazole rings is 1. The summed E-state index contributed by atoms with van der Waals surface area (Å²) in [6.07, 6.45) is 7.12. The van der Waals surface area contributed by atoms with Gasteiger partial charge in [0.15, 0.2) is 0 Å². The molecule has 1 aromatic rings. The second kappa shape index (κ2) is 4.18. The lowest BCUT2D eigenvalue weighted by atomic mass is 10.0. The van der Waals surface area contributed by atoms with Crippen molar-refractivity contribution in [1.29, 1.82) is 0 Å². The van der Waals surface area contributed by atoms with Crippen molar-refractivity contribution in [1.82, 2.24) is 14.5 Å². The highest BCUT2D eigenvalue weighted by Crippen LogP contribution is 2.24. The number of aryl methyl sites for hydroxylation is 1. The van der Waals surface area contributed by atoms with Crippen LogP contribution in [0.3, 0.4) is 0 Å². The second-order valence-corrected chi connectivity index (χ2v) is 4.93. The van der Waals surface area contributed by atoms with Crippen LogP contribution in [0.4, 0.5) is 0 Å². The van der Waals surface area contributed by atoms with Crippen LogP contribution in [-0.4, -0.2) is 33.6 Å². The van der Waals surface area contributed by atoms with E-state index in [0.29, 0.717) is 6.54 Å². The van der Waals surface area contributed by atoms with E-state index >= 15 is 0 Å². The first kappa shape index (κ1) is 10.3. The number of hydrogen-bond donors (Lipinski definition) is 1. The lowest BCUT2D eigenvalue weighted by Crippen LogP contribution is -2.38. The summed E-state index contributed by atoms with van der Waals surface area (Å²) >= 11 is 0. The first-order valence-corrected chi connectivity index (χ1v) is 6.35. The zero-order chi connectivity index (χ0) is 11.0. The molecule has 1 fully saturated rings. The lowest BCUT2D eigenvalue weighted by molar-refractivity contribution is 0.204. The summed E-state index contributed by atoms with van der Waals surface area (Å²) in [6, 6.07) is 0.733. The molecule has 0 radical (unpaired) electrons. The van der Waals surface area contributed by atoms with Gasteiger partial charge in [0.05, 0.1) is 12.0 Å². The summed E-state index contributed by atoms with van der Waals surface area (Å²) in [5.74, 6) is 0. The van der Waals surface area contributed by atoms with Gasteiger partial charge in [-0.2, -0.15) is 0 Å². The Bertz CT molecular complexity index is 352.